The van der Waals surface area contributed by atoms with Crippen molar-refractivity contribution >= 4 is 11.6 Å². The third-order valence-electron chi connectivity index (χ3n) is 2.89. The average molecular weight is 249 g/mol. The highest BCUT2D eigenvalue weighted by atomic mass is 35.5. The minimum absolute atomic E-state index is 0.0196. The number of alkyl halides is 1. The molecule has 1 atom stereocenters. The van der Waals surface area contributed by atoms with Crippen LogP contribution in [0.1, 0.15) is 35.9 Å². The van der Waals surface area contributed by atoms with E-state index in [0.29, 0.717) is 0 Å². The molecule has 2 aromatic rings. The van der Waals surface area contributed by atoms with Gasteiger partial charge < -0.3 is 0 Å². The van der Waals surface area contributed by atoms with E-state index in [2.05, 4.69) is 36.3 Å². The summed E-state index contributed by atoms with van der Waals surface area (Å²) in [6.45, 7) is 4.92. The Morgan fingerprint density at radius 2 is 1.88 bits per heavy atom. The molecule has 0 aliphatic carbocycles. The zero-order chi connectivity index (χ0) is 12.3. The van der Waals surface area contributed by atoms with Crippen LogP contribution >= 0.6 is 11.6 Å². The zero-order valence-electron chi connectivity index (χ0n) is 10.2. The van der Waals surface area contributed by atoms with Crippen LogP contribution in [0.4, 0.5) is 0 Å². The van der Waals surface area contributed by atoms with Crippen LogP contribution in [0.3, 0.4) is 0 Å². The smallest absolute Gasteiger partial charge is 0.0659 e. The summed E-state index contributed by atoms with van der Waals surface area (Å²) in [5, 5.41) is 4.33. The molecule has 2 nitrogen and oxygen atoms in total. The molecule has 0 N–H and O–H groups in total. The molecule has 1 aromatic carbocycles. The monoisotopic (exact) mass is 248 g/mol. The Kier molecular flexibility index (Phi) is 3.85. The molecule has 0 aliphatic rings. The Morgan fingerprint density at radius 1 is 1.24 bits per heavy atom. The molecule has 0 spiro atoms. The second-order valence-corrected chi connectivity index (χ2v) is 4.91. The van der Waals surface area contributed by atoms with Crippen LogP contribution in [0.15, 0.2) is 36.7 Å². The number of hydrogen-bond donors (Lipinski definition) is 0. The van der Waals surface area contributed by atoms with Crippen LogP contribution in [0.5, 0.6) is 0 Å². The van der Waals surface area contributed by atoms with Gasteiger partial charge in [-0.25, -0.2) is 0 Å². The number of benzene rings is 1. The molecule has 0 fully saturated rings. The number of halogens is 1. The van der Waals surface area contributed by atoms with Crippen LogP contribution in [-0.2, 0) is 13.0 Å². The molecule has 1 aromatic heterocycles. The molecule has 0 aliphatic heterocycles. The van der Waals surface area contributed by atoms with E-state index < -0.39 is 0 Å². The molecular weight excluding hydrogens is 232 g/mol. The summed E-state index contributed by atoms with van der Waals surface area (Å²) in [7, 11) is 0. The van der Waals surface area contributed by atoms with Crippen LogP contribution in [0.2, 0.25) is 0 Å². The molecule has 1 heterocycles. The minimum atomic E-state index is 0.0196. The fraction of sp³-hybridized carbons (Fsp3) is 0.357. The lowest BCUT2D eigenvalue weighted by molar-refractivity contribution is 0.686. The first kappa shape index (κ1) is 12.2. The van der Waals surface area contributed by atoms with Crippen molar-refractivity contribution < 1.29 is 0 Å². The molecule has 0 saturated heterocycles. The van der Waals surface area contributed by atoms with Gasteiger partial charge in [-0.05, 0) is 24.5 Å². The van der Waals surface area contributed by atoms with E-state index in [4.69, 9.17) is 11.6 Å². The lowest BCUT2D eigenvalue weighted by atomic mass is 10.1. The van der Waals surface area contributed by atoms with Gasteiger partial charge in [0, 0.05) is 11.8 Å². The summed E-state index contributed by atoms with van der Waals surface area (Å²) in [6.07, 6.45) is 4.92. The lowest BCUT2D eigenvalue weighted by Crippen LogP contribution is -1.99. The van der Waals surface area contributed by atoms with Gasteiger partial charge in [0.25, 0.3) is 0 Å². The predicted octanol–water partition coefficient (Wildman–Crippen LogP) is 3.79. The molecule has 1 unspecified atom stereocenters. The van der Waals surface area contributed by atoms with E-state index in [1.165, 1.54) is 11.1 Å². The van der Waals surface area contributed by atoms with Crippen molar-refractivity contribution in [2.24, 2.45) is 0 Å². The van der Waals surface area contributed by atoms with E-state index >= 15 is 0 Å². The van der Waals surface area contributed by atoms with Crippen LogP contribution in [-0.4, -0.2) is 9.78 Å². The number of aromatic nitrogens is 2. The van der Waals surface area contributed by atoms with E-state index in [1.807, 2.05) is 24.0 Å². The summed E-state index contributed by atoms with van der Waals surface area (Å²) in [4.78, 5) is 0. The number of hydrogen-bond acceptors (Lipinski definition) is 1. The van der Waals surface area contributed by atoms with Crippen molar-refractivity contribution in [3.63, 3.8) is 0 Å². The molecule has 0 amide bonds. The molecule has 2 rings (SSSR count). The van der Waals surface area contributed by atoms with Crippen LogP contribution < -0.4 is 0 Å². The molecule has 0 saturated carbocycles. The van der Waals surface area contributed by atoms with Gasteiger partial charge in [-0.1, -0.05) is 31.2 Å². The van der Waals surface area contributed by atoms with E-state index in [9.17, 15) is 0 Å². The van der Waals surface area contributed by atoms with Crippen molar-refractivity contribution in [3.05, 3.63) is 53.3 Å². The predicted molar refractivity (Wildman–Crippen MR) is 71.4 cm³/mol. The largest absolute Gasteiger partial charge is 0.268 e. The van der Waals surface area contributed by atoms with Gasteiger partial charge in [0.05, 0.1) is 18.1 Å². The first-order valence-corrected chi connectivity index (χ1v) is 6.37. The molecular formula is C14H17ClN2. The normalized spacial score (nSPS) is 12.6. The summed E-state index contributed by atoms with van der Waals surface area (Å²) < 4.78 is 1.93. The molecule has 90 valence electrons. The fourth-order valence-electron chi connectivity index (χ4n) is 1.74. The maximum Gasteiger partial charge on any atom is 0.0659 e. The highest BCUT2D eigenvalue weighted by molar-refractivity contribution is 6.20. The first-order chi connectivity index (χ1) is 8.19. The summed E-state index contributed by atoms with van der Waals surface area (Å²) >= 11 is 6.01. The number of nitrogens with zero attached hydrogens (tertiary/aromatic N) is 2. The minimum Gasteiger partial charge on any atom is -0.268 e. The summed E-state index contributed by atoms with van der Waals surface area (Å²) in [6, 6.07) is 8.66. The Morgan fingerprint density at radius 3 is 2.41 bits per heavy atom. The van der Waals surface area contributed by atoms with Crippen molar-refractivity contribution in [3.8, 4) is 0 Å². The third kappa shape index (κ3) is 3.10. The quantitative estimate of drug-likeness (QED) is 0.753. The van der Waals surface area contributed by atoms with E-state index in [0.717, 1.165) is 18.5 Å². The standard InChI is InChI=1S/C14H17ClN2/c1-3-12-4-6-13(7-5-12)9-17-10-14(8-16-17)11(2)15/h4-8,10-11H,3,9H2,1-2H3. The Balaban J connectivity index is 2.08. The van der Waals surface area contributed by atoms with Crippen molar-refractivity contribution in [2.45, 2.75) is 32.2 Å². The second-order valence-electron chi connectivity index (χ2n) is 4.26. The van der Waals surface area contributed by atoms with Crippen molar-refractivity contribution in [2.75, 3.05) is 0 Å². The average Bonchev–Trinajstić information content (AvgIpc) is 2.79. The van der Waals surface area contributed by atoms with Gasteiger partial charge in [-0.15, -0.1) is 11.6 Å². The van der Waals surface area contributed by atoms with Crippen molar-refractivity contribution in [1.82, 2.24) is 9.78 Å². The number of aryl methyl sites for hydroxylation is 1. The van der Waals surface area contributed by atoms with Crippen LogP contribution in [0, 0.1) is 0 Å². The van der Waals surface area contributed by atoms with Gasteiger partial charge in [-0.3, -0.25) is 4.68 Å². The lowest BCUT2D eigenvalue weighted by Gasteiger charge is -2.03. The molecule has 0 radical (unpaired) electrons. The van der Waals surface area contributed by atoms with Gasteiger partial charge >= 0.3 is 0 Å². The second kappa shape index (κ2) is 5.37. The van der Waals surface area contributed by atoms with Gasteiger partial charge in [0.15, 0.2) is 0 Å². The topological polar surface area (TPSA) is 17.8 Å². The van der Waals surface area contributed by atoms with Gasteiger partial charge in [0.1, 0.15) is 0 Å². The highest BCUT2D eigenvalue weighted by Crippen LogP contribution is 2.18. The number of rotatable bonds is 4. The molecule has 17 heavy (non-hydrogen) atoms. The Bertz CT molecular complexity index is 471. The highest BCUT2D eigenvalue weighted by Gasteiger charge is 2.04. The molecule has 0 bridgehead atoms. The Hall–Kier alpha value is -1.28. The van der Waals surface area contributed by atoms with E-state index in [1.54, 1.807) is 0 Å². The molecule has 3 heteroatoms. The van der Waals surface area contributed by atoms with Crippen molar-refractivity contribution in [1.29, 1.82) is 0 Å². The SMILES string of the molecule is CCc1ccc(Cn2cc(C(C)Cl)cn2)cc1. The zero-order valence-corrected chi connectivity index (χ0v) is 11.0. The van der Waals surface area contributed by atoms with Gasteiger partial charge in [-0.2, -0.15) is 5.10 Å². The third-order valence-corrected chi connectivity index (χ3v) is 3.14. The summed E-state index contributed by atoms with van der Waals surface area (Å²) in [5.41, 5.74) is 3.69. The van der Waals surface area contributed by atoms with Gasteiger partial charge in [0.2, 0.25) is 0 Å². The maximum atomic E-state index is 6.01. The van der Waals surface area contributed by atoms with E-state index in [-0.39, 0.29) is 5.38 Å². The van der Waals surface area contributed by atoms with Crippen LogP contribution in [0.25, 0.3) is 0 Å². The Labute approximate surface area is 107 Å². The first-order valence-electron chi connectivity index (χ1n) is 5.93. The summed E-state index contributed by atoms with van der Waals surface area (Å²) in [5.74, 6) is 0. The fourth-order valence-corrected chi connectivity index (χ4v) is 1.85. The maximum absolute atomic E-state index is 6.01.